The van der Waals surface area contributed by atoms with Gasteiger partial charge in [-0.15, -0.1) is 0 Å². The van der Waals surface area contributed by atoms with Crippen LogP contribution in [0, 0.1) is 0 Å². The molecule has 0 saturated heterocycles. The molecule has 0 fully saturated rings. The van der Waals surface area contributed by atoms with Crippen LogP contribution in [0.5, 0.6) is 0 Å². The largest absolute Gasteiger partial charge is 0.302 e. The average molecular weight is 233 g/mol. The van der Waals surface area contributed by atoms with Crippen LogP contribution in [-0.4, -0.2) is 34.6 Å². The highest BCUT2D eigenvalue weighted by molar-refractivity contribution is 5.88. The quantitative estimate of drug-likeness (QED) is 0.741. The summed E-state index contributed by atoms with van der Waals surface area (Å²) in [6, 6.07) is 0.436. The van der Waals surface area contributed by atoms with E-state index in [-0.39, 0.29) is 5.78 Å². The second-order valence-electron chi connectivity index (χ2n) is 4.75. The number of nitrogens with zero attached hydrogens (tertiary/aromatic N) is 3. The molecule has 2 rings (SSSR count). The summed E-state index contributed by atoms with van der Waals surface area (Å²) in [5.41, 5.74) is 2.49. The van der Waals surface area contributed by atoms with Gasteiger partial charge in [-0.1, -0.05) is 6.58 Å². The number of fused-ring (bicyclic) bond motifs is 1. The molecule has 0 radical (unpaired) electrons. The summed E-state index contributed by atoms with van der Waals surface area (Å²) in [5.74, 6) is 0.0166. The van der Waals surface area contributed by atoms with Crippen LogP contribution >= 0.6 is 0 Å². The number of aromatic nitrogens is 2. The van der Waals surface area contributed by atoms with Crippen LogP contribution in [-0.2, 0) is 17.8 Å². The van der Waals surface area contributed by atoms with Crippen LogP contribution in [0.4, 0.5) is 0 Å². The lowest BCUT2D eigenvalue weighted by Gasteiger charge is -2.28. The predicted octanol–water partition coefficient (Wildman–Crippen LogP) is 1.58. The first-order valence-corrected chi connectivity index (χ1v) is 5.99. The molecule has 1 aliphatic rings. The SMILES string of the molecule is C=CC(=O)Cn1ncc2c1CCC[C@H]2N(C)C. The Morgan fingerprint density at radius 1 is 1.71 bits per heavy atom. The van der Waals surface area contributed by atoms with Gasteiger partial charge in [-0.25, -0.2) is 0 Å². The second-order valence-corrected chi connectivity index (χ2v) is 4.75. The highest BCUT2D eigenvalue weighted by Gasteiger charge is 2.25. The Bertz CT molecular complexity index is 434. The average Bonchev–Trinajstić information content (AvgIpc) is 2.72. The number of hydrogen-bond acceptors (Lipinski definition) is 3. The van der Waals surface area contributed by atoms with E-state index in [1.807, 2.05) is 10.9 Å². The van der Waals surface area contributed by atoms with E-state index in [2.05, 4.69) is 30.7 Å². The maximum Gasteiger partial charge on any atom is 0.176 e. The maximum absolute atomic E-state index is 11.4. The number of allylic oxidation sites excluding steroid dienone is 1. The van der Waals surface area contributed by atoms with E-state index in [4.69, 9.17) is 0 Å². The zero-order chi connectivity index (χ0) is 12.4. The summed E-state index contributed by atoms with van der Waals surface area (Å²) in [4.78, 5) is 13.6. The Kier molecular flexibility index (Phi) is 3.43. The number of rotatable bonds is 4. The van der Waals surface area contributed by atoms with E-state index in [1.165, 1.54) is 23.8 Å². The van der Waals surface area contributed by atoms with E-state index < -0.39 is 0 Å². The monoisotopic (exact) mass is 233 g/mol. The molecule has 4 nitrogen and oxygen atoms in total. The Morgan fingerprint density at radius 3 is 3.12 bits per heavy atom. The lowest BCUT2D eigenvalue weighted by atomic mass is 9.92. The molecule has 1 aliphatic carbocycles. The van der Waals surface area contributed by atoms with Gasteiger partial charge in [0.15, 0.2) is 5.78 Å². The van der Waals surface area contributed by atoms with Gasteiger partial charge in [0.05, 0.1) is 6.20 Å². The molecular weight excluding hydrogens is 214 g/mol. The Labute approximate surface area is 102 Å². The Morgan fingerprint density at radius 2 is 2.47 bits per heavy atom. The highest BCUT2D eigenvalue weighted by atomic mass is 16.1. The van der Waals surface area contributed by atoms with Crippen molar-refractivity contribution in [1.82, 2.24) is 14.7 Å². The molecule has 0 unspecified atom stereocenters. The van der Waals surface area contributed by atoms with Gasteiger partial charge in [0.1, 0.15) is 6.54 Å². The minimum absolute atomic E-state index is 0.0166. The van der Waals surface area contributed by atoms with Crippen molar-refractivity contribution in [2.45, 2.75) is 31.8 Å². The van der Waals surface area contributed by atoms with Crippen LogP contribution < -0.4 is 0 Å². The molecule has 0 amide bonds. The molecule has 1 heterocycles. The van der Waals surface area contributed by atoms with E-state index in [9.17, 15) is 4.79 Å². The smallest absolute Gasteiger partial charge is 0.176 e. The Hall–Kier alpha value is -1.42. The summed E-state index contributed by atoms with van der Waals surface area (Å²) >= 11 is 0. The first-order chi connectivity index (χ1) is 8.13. The molecule has 0 aliphatic heterocycles. The molecule has 0 saturated carbocycles. The summed E-state index contributed by atoms with van der Waals surface area (Å²) in [5, 5.41) is 4.34. The van der Waals surface area contributed by atoms with Crippen molar-refractivity contribution in [3.8, 4) is 0 Å². The van der Waals surface area contributed by atoms with E-state index in [0.717, 1.165) is 12.8 Å². The summed E-state index contributed by atoms with van der Waals surface area (Å²) in [6.45, 7) is 3.82. The van der Waals surface area contributed by atoms with Crippen LogP contribution in [0.3, 0.4) is 0 Å². The van der Waals surface area contributed by atoms with Gasteiger partial charge in [0.25, 0.3) is 0 Å². The lowest BCUT2D eigenvalue weighted by Crippen LogP contribution is -2.24. The molecular formula is C13H19N3O. The van der Waals surface area contributed by atoms with Crippen molar-refractivity contribution in [2.24, 2.45) is 0 Å². The van der Waals surface area contributed by atoms with Crippen LogP contribution in [0.2, 0.25) is 0 Å². The maximum atomic E-state index is 11.4. The number of ketones is 1. The van der Waals surface area contributed by atoms with E-state index in [0.29, 0.717) is 12.6 Å². The van der Waals surface area contributed by atoms with Gasteiger partial charge in [0, 0.05) is 17.3 Å². The lowest BCUT2D eigenvalue weighted by molar-refractivity contribution is -0.115. The van der Waals surface area contributed by atoms with Crippen molar-refractivity contribution < 1.29 is 4.79 Å². The number of hydrogen-bond donors (Lipinski definition) is 0. The fourth-order valence-corrected chi connectivity index (χ4v) is 2.48. The number of carbonyl (C=O) groups is 1. The first kappa shape index (κ1) is 12.0. The molecule has 0 aromatic carbocycles. The molecule has 4 heteroatoms. The fourth-order valence-electron chi connectivity index (χ4n) is 2.48. The number of carbonyl (C=O) groups excluding carboxylic acids is 1. The third-order valence-corrected chi connectivity index (χ3v) is 3.39. The molecule has 1 atom stereocenters. The van der Waals surface area contributed by atoms with Crippen molar-refractivity contribution >= 4 is 5.78 Å². The normalized spacial score (nSPS) is 19.1. The van der Waals surface area contributed by atoms with Crippen LogP contribution in [0.25, 0.3) is 0 Å². The van der Waals surface area contributed by atoms with Gasteiger partial charge in [-0.3, -0.25) is 9.48 Å². The summed E-state index contributed by atoms with van der Waals surface area (Å²) in [7, 11) is 4.18. The fraction of sp³-hybridized carbons (Fsp3) is 0.538. The predicted molar refractivity (Wildman–Crippen MR) is 66.8 cm³/mol. The van der Waals surface area contributed by atoms with Crippen molar-refractivity contribution in [2.75, 3.05) is 14.1 Å². The van der Waals surface area contributed by atoms with Gasteiger partial charge < -0.3 is 4.90 Å². The zero-order valence-electron chi connectivity index (χ0n) is 10.5. The molecule has 92 valence electrons. The topological polar surface area (TPSA) is 38.1 Å². The molecule has 0 bridgehead atoms. The summed E-state index contributed by atoms with van der Waals surface area (Å²) < 4.78 is 1.83. The van der Waals surface area contributed by atoms with Gasteiger partial charge in [0.2, 0.25) is 0 Å². The Balaban J connectivity index is 2.28. The van der Waals surface area contributed by atoms with E-state index >= 15 is 0 Å². The van der Waals surface area contributed by atoms with Gasteiger partial charge >= 0.3 is 0 Å². The van der Waals surface area contributed by atoms with Crippen LogP contribution in [0.15, 0.2) is 18.9 Å². The molecule has 1 aromatic heterocycles. The van der Waals surface area contributed by atoms with Crippen LogP contribution in [0.1, 0.15) is 30.1 Å². The molecule has 0 spiro atoms. The third kappa shape index (κ3) is 2.31. The summed E-state index contributed by atoms with van der Waals surface area (Å²) in [6.07, 6.45) is 6.62. The minimum atomic E-state index is 0.0166. The van der Waals surface area contributed by atoms with Crippen molar-refractivity contribution in [1.29, 1.82) is 0 Å². The molecule has 0 N–H and O–H groups in total. The minimum Gasteiger partial charge on any atom is -0.302 e. The van der Waals surface area contributed by atoms with Crippen molar-refractivity contribution in [3.63, 3.8) is 0 Å². The standard InChI is InChI=1S/C13H19N3O/c1-4-10(17)9-16-13-7-5-6-12(15(2)3)11(13)8-14-16/h4,8,12H,1,5-7,9H2,2-3H3/t12-/m1/s1. The highest BCUT2D eigenvalue weighted by Crippen LogP contribution is 2.32. The van der Waals surface area contributed by atoms with Crippen molar-refractivity contribution in [3.05, 3.63) is 30.1 Å². The first-order valence-electron chi connectivity index (χ1n) is 5.99. The molecule has 17 heavy (non-hydrogen) atoms. The second kappa shape index (κ2) is 4.84. The third-order valence-electron chi connectivity index (χ3n) is 3.39. The van der Waals surface area contributed by atoms with Gasteiger partial charge in [-0.2, -0.15) is 5.10 Å². The van der Waals surface area contributed by atoms with E-state index in [1.54, 1.807) is 0 Å². The molecule has 1 aromatic rings. The zero-order valence-corrected chi connectivity index (χ0v) is 10.5. The van der Waals surface area contributed by atoms with Gasteiger partial charge in [-0.05, 0) is 39.4 Å².